The minimum absolute atomic E-state index is 0.0323. The first kappa shape index (κ1) is 14.1. The summed E-state index contributed by atoms with van der Waals surface area (Å²) in [6.45, 7) is 4.14. The Morgan fingerprint density at radius 1 is 1.30 bits per heavy atom. The van der Waals surface area contributed by atoms with E-state index in [0.29, 0.717) is 13.0 Å². The molecular weight excluding hydrogens is 256 g/mol. The molecule has 0 aliphatic rings. The van der Waals surface area contributed by atoms with E-state index in [1.165, 1.54) is 0 Å². The molecule has 2 aromatic rings. The smallest absolute Gasteiger partial charge is 0.224 e. The van der Waals surface area contributed by atoms with Gasteiger partial charge in [0.1, 0.15) is 11.5 Å². The van der Waals surface area contributed by atoms with Crippen LogP contribution >= 0.6 is 0 Å². The lowest BCUT2D eigenvalue weighted by molar-refractivity contribution is -0.120. The first-order valence-electron chi connectivity index (χ1n) is 6.41. The van der Waals surface area contributed by atoms with Crippen molar-refractivity contribution in [3.05, 3.63) is 46.8 Å². The lowest BCUT2D eigenvalue weighted by atomic mass is 10.1. The Labute approximate surface area is 117 Å². The van der Waals surface area contributed by atoms with E-state index < -0.39 is 0 Å². The number of carbonyl (C=O) groups excluding carboxylic acids is 1. The Kier molecular flexibility index (Phi) is 4.40. The maximum absolute atomic E-state index is 11.9. The Morgan fingerprint density at radius 2 is 2.00 bits per heavy atom. The zero-order valence-electron chi connectivity index (χ0n) is 11.9. The highest BCUT2D eigenvalue weighted by Crippen LogP contribution is 2.13. The van der Waals surface area contributed by atoms with E-state index in [-0.39, 0.29) is 5.91 Å². The van der Waals surface area contributed by atoms with Crippen LogP contribution in [0.4, 0.5) is 0 Å². The van der Waals surface area contributed by atoms with E-state index >= 15 is 0 Å². The van der Waals surface area contributed by atoms with Gasteiger partial charge in [-0.05, 0) is 31.5 Å². The number of hydrogen-bond acceptors (Lipinski definition) is 4. The number of rotatable bonds is 5. The van der Waals surface area contributed by atoms with Crippen LogP contribution in [0.1, 0.15) is 22.6 Å². The summed E-state index contributed by atoms with van der Waals surface area (Å²) in [6, 6.07) is 7.45. The van der Waals surface area contributed by atoms with Crippen LogP contribution in [0.15, 0.2) is 28.8 Å². The predicted octanol–water partition coefficient (Wildman–Crippen LogP) is 2.16. The summed E-state index contributed by atoms with van der Waals surface area (Å²) in [5, 5.41) is 6.73. The van der Waals surface area contributed by atoms with Crippen LogP contribution in [0.2, 0.25) is 0 Å². The van der Waals surface area contributed by atoms with Crippen molar-refractivity contribution in [3.63, 3.8) is 0 Å². The monoisotopic (exact) mass is 274 g/mol. The van der Waals surface area contributed by atoms with Crippen molar-refractivity contribution in [2.45, 2.75) is 26.8 Å². The fourth-order valence-corrected chi connectivity index (χ4v) is 1.93. The minimum atomic E-state index is -0.0323. The molecule has 0 saturated carbocycles. The van der Waals surface area contributed by atoms with Crippen LogP contribution in [0.3, 0.4) is 0 Å². The number of aryl methyl sites for hydroxylation is 2. The van der Waals surface area contributed by atoms with Crippen molar-refractivity contribution in [2.75, 3.05) is 7.11 Å². The molecule has 1 aromatic carbocycles. The van der Waals surface area contributed by atoms with Gasteiger partial charge in [0.25, 0.3) is 0 Å². The number of methoxy groups -OCH3 is 1. The second-order valence-electron chi connectivity index (χ2n) is 4.60. The maximum atomic E-state index is 11.9. The summed E-state index contributed by atoms with van der Waals surface area (Å²) < 4.78 is 10.1. The van der Waals surface area contributed by atoms with Crippen LogP contribution in [-0.4, -0.2) is 18.2 Å². The van der Waals surface area contributed by atoms with E-state index in [2.05, 4.69) is 10.5 Å². The Balaban J connectivity index is 1.89. The van der Waals surface area contributed by atoms with Crippen LogP contribution in [0, 0.1) is 13.8 Å². The van der Waals surface area contributed by atoms with Crippen LogP contribution in [0.25, 0.3) is 0 Å². The first-order chi connectivity index (χ1) is 9.60. The van der Waals surface area contributed by atoms with Gasteiger partial charge in [0.15, 0.2) is 0 Å². The quantitative estimate of drug-likeness (QED) is 0.907. The highest BCUT2D eigenvalue weighted by atomic mass is 16.5. The number of aromatic nitrogens is 1. The Hall–Kier alpha value is -2.30. The lowest BCUT2D eigenvalue weighted by Gasteiger charge is -2.06. The number of nitrogens with zero attached hydrogens (tertiary/aromatic N) is 1. The number of benzene rings is 1. The van der Waals surface area contributed by atoms with E-state index in [4.69, 9.17) is 9.26 Å². The molecule has 0 unspecified atom stereocenters. The van der Waals surface area contributed by atoms with Gasteiger partial charge in [-0.15, -0.1) is 0 Å². The molecule has 0 atom stereocenters. The third-order valence-electron chi connectivity index (χ3n) is 3.17. The minimum Gasteiger partial charge on any atom is -0.497 e. The highest BCUT2D eigenvalue weighted by molar-refractivity contribution is 5.78. The fraction of sp³-hybridized carbons (Fsp3) is 0.333. The number of ether oxygens (including phenoxy) is 1. The number of hydrogen-bond donors (Lipinski definition) is 1. The Morgan fingerprint density at radius 3 is 2.55 bits per heavy atom. The summed E-state index contributed by atoms with van der Waals surface area (Å²) in [5.74, 6) is 1.49. The molecule has 1 N–H and O–H groups in total. The topological polar surface area (TPSA) is 64.4 Å². The second-order valence-corrected chi connectivity index (χ2v) is 4.60. The fourth-order valence-electron chi connectivity index (χ4n) is 1.93. The standard InChI is InChI=1S/C15H18N2O3/c1-10-14(11(2)20-17-10)9-16-15(18)8-12-4-6-13(19-3)7-5-12/h4-7H,8-9H2,1-3H3,(H,16,18). The zero-order chi connectivity index (χ0) is 14.5. The molecule has 0 aliphatic heterocycles. The van der Waals surface area contributed by atoms with Crippen LogP contribution in [0.5, 0.6) is 5.75 Å². The highest BCUT2D eigenvalue weighted by Gasteiger charge is 2.10. The molecule has 1 heterocycles. The number of amides is 1. The van der Waals surface area contributed by atoms with Crippen molar-refractivity contribution in [1.29, 1.82) is 0 Å². The molecule has 1 aromatic heterocycles. The first-order valence-corrected chi connectivity index (χ1v) is 6.41. The lowest BCUT2D eigenvalue weighted by Crippen LogP contribution is -2.25. The molecule has 0 saturated heterocycles. The number of carbonyl (C=O) groups is 1. The summed E-state index contributed by atoms with van der Waals surface area (Å²) in [6.07, 6.45) is 0.341. The van der Waals surface area contributed by atoms with Crippen LogP contribution < -0.4 is 10.1 Å². The molecule has 20 heavy (non-hydrogen) atoms. The van der Waals surface area contributed by atoms with Gasteiger partial charge >= 0.3 is 0 Å². The molecule has 0 aliphatic carbocycles. The van der Waals surface area contributed by atoms with Crippen LogP contribution in [-0.2, 0) is 17.8 Å². The molecule has 0 fully saturated rings. The van der Waals surface area contributed by atoms with Gasteiger partial charge in [-0.25, -0.2) is 0 Å². The van der Waals surface area contributed by atoms with Crippen molar-refractivity contribution in [2.24, 2.45) is 0 Å². The maximum Gasteiger partial charge on any atom is 0.224 e. The molecule has 5 nitrogen and oxygen atoms in total. The van der Waals surface area contributed by atoms with Gasteiger partial charge < -0.3 is 14.6 Å². The SMILES string of the molecule is COc1ccc(CC(=O)NCc2c(C)noc2C)cc1. The molecule has 0 bridgehead atoms. The average molecular weight is 274 g/mol. The van der Waals surface area contributed by atoms with E-state index in [9.17, 15) is 4.79 Å². The van der Waals surface area contributed by atoms with Gasteiger partial charge in [0.2, 0.25) is 5.91 Å². The molecule has 5 heteroatoms. The van der Waals surface area contributed by atoms with Gasteiger partial charge in [-0.3, -0.25) is 4.79 Å². The molecule has 2 rings (SSSR count). The van der Waals surface area contributed by atoms with Crippen molar-refractivity contribution < 1.29 is 14.1 Å². The van der Waals surface area contributed by atoms with Gasteiger partial charge in [-0.1, -0.05) is 17.3 Å². The van der Waals surface area contributed by atoms with E-state index in [1.807, 2.05) is 38.1 Å². The van der Waals surface area contributed by atoms with Crippen molar-refractivity contribution in [1.82, 2.24) is 10.5 Å². The van der Waals surface area contributed by atoms with E-state index in [0.717, 1.165) is 28.3 Å². The van der Waals surface area contributed by atoms with Gasteiger partial charge in [-0.2, -0.15) is 0 Å². The normalized spacial score (nSPS) is 10.3. The summed E-state index contributed by atoms with van der Waals surface area (Å²) in [7, 11) is 1.62. The van der Waals surface area contributed by atoms with Crippen molar-refractivity contribution >= 4 is 5.91 Å². The summed E-state index contributed by atoms with van der Waals surface area (Å²) in [4.78, 5) is 11.9. The zero-order valence-corrected chi connectivity index (χ0v) is 11.9. The molecule has 0 spiro atoms. The van der Waals surface area contributed by atoms with Crippen molar-refractivity contribution in [3.8, 4) is 5.75 Å². The van der Waals surface area contributed by atoms with Gasteiger partial charge in [0.05, 0.1) is 19.2 Å². The van der Waals surface area contributed by atoms with E-state index in [1.54, 1.807) is 7.11 Å². The molecule has 1 amide bonds. The third-order valence-corrected chi connectivity index (χ3v) is 3.17. The average Bonchev–Trinajstić information content (AvgIpc) is 2.77. The predicted molar refractivity (Wildman–Crippen MR) is 74.5 cm³/mol. The molecule has 106 valence electrons. The largest absolute Gasteiger partial charge is 0.497 e. The Bertz CT molecular complexity index is 568. The third kappa shape index (κ3) is 3.38. The second kappa shape index (κ2) is 6.23. The molecular formula is C15H18N2O3. The van der Waals surface area contributed by atoms with Gasteiger partial charge in [0, 0.05) is 12.1 Å². The molecule has 0 radical (unpaired) electrons. The summed E-state index contributed by atoms with van der Waals surface area (Å²) in [5.41, 5.74) is 2.70. The number of nitrogens with one attached hydrogen (secondary N) is 1. The summed E-state index contributed by atoms with van der Waals surface area (Å²) >= 11 is 0.